The lowest BCUT2D eigenvalue weighted by Crippen LogP contribution is -2.37. The van der Waals surface area contributed by atoms with Crippen LogP contribution in [0.2, 0.25) is 0 Å². The summed E-state index contributed by atoms with van der Waals surface area (Å²) in [5, 5.41) is 4.23. The number of hydrogen-bond acceptors (Lipinski definition) is 2. The Morgan fingerprint density at radius 3 is 2.95 bits per heavy atom. The van der Waals surface area contributed by atoms with Gasteiger partial charge >= 0.3 is 0 Å². The largest absolute Gasteiger partial charge is 0.361 e. The first kappa shape index (κ1) is 14.0. The summed E-state index contributed by atoms with van der Waals surface area (Å²) >= 11 is 1.77. The van der Waals surface area contributed by atoms with Crippen molar-refractivity contribution >= 4 is 28.6 Å². The monoisotopic (exact) mass is 276 g/mol. The van der Waals surface area contributed by atoms with Crippen molar-refractivity contribution in [2.45, 2.75) is 25.8 Å². The molecule has 4 heteroatoms. The maximum atomic E-state index is 12.1. The summed E-state index contributed by atoms with van der Waals surface area (Å²) in [7, 11) is 0. The SMILES string of the molecule is CCC(CSC)NC(=O)Cc1c[nH]c2ccccc12. The van der Waals surface area contributed by atoms with E-state index in [-0.39, 0.29) is 11.9 Å². The number of benzene rings is 1. The van der Waals surface area contributed by atoms with E-state index in [0.29, 0.717) is 6.42 Å². The summed E-state index contributed by atoms with van der Waals surface area (Å²) in [5.41, 5.74) is 2.15. The lowest BCUT2D eigenvalue weighted by Gasteiger charge is -2.15. The molecule has 1 aromatic carbocycles. The molecular formula is C15H20N2OS. The van der Waals surface area contributed by atoms with Crippen LogP contribution >= 0.6 is 11.8 Å². The topological polar surface area (TPSA) is 44.9 Å². The molecule has 1 unspecified atom stereocenters. The van der Waals surface area contributed by atoms with E-state index in [2.05, 4.69) is 23.5 Å². The first-order valence-electron chi connectivity index (χ1n) is 6.58. The first-order valence-corrected chi connectivity index (χ1v) is 7.97. The minimum atomic E-state index is 0.102. The Balaban J connectivity index is 2.02. The van der Waals surface area contributed by atoms with Crippen LogP contribution in [0.5, 0.6) is 0 Å². The van der Waals surface area contributed by atoms with Crippen molar-refractivity contribution in [1.82, 2.24) is 10.3 Å². The molecule has 0 saturated heterocycles. The van der Waals surface area contributed by atoms with E-state index in [1.54, 1.807) is 11.8 Å². The molecule has 0 aliphatic rings. The maximum absolute atomic E-state index is 12.1. The Bertz CT molecular complexity index is 550. The van der Waals surface area contributed by atoms with Gasteiger partial charge in [-0.2, -0.15) is 11.8 Å². The van der Waals surface area contributed by atoms with E-state index in [1.807, 2.05) is 30.5 Å². The van der Waals surface area contributed by atoms with Gasteiger partial charge < -0.3 is 10.3 Å². The van der Waals surface area contributed by atoms with Gasteiger partial charge in [0.2, 0.25) is 5.91 Å². The standard InChI is InChI=1S/C15H20N2OS/c1-3-12(10-19-2)17-15(18)8-11-9-16-14-7-5-4-6-13(11)14/h4-7,9,12,16H,3,8,10H2,1-2H3,(H,17,18). The van der Waals surface area contributed by atoms with Crippen LogP contribution in [0.1, 0.15) is 18.9 Å². The average Bonchev–Trinajstić information content (AvgIpc) is 2.82. The van der Waals surface area contributed by atoms with Gasteiger partial charge in [0.1, 0.15) is 0 Å². The normalized spacial score (nSPS) is 12.5. The first-order chi connectivity index (χ1) is 9.24. The molecule has 2 rings (SSSR count). The number of hydrogen-bond donors (Lipinski definition) is 2. The number of carbonyl (C=O) groups is 1. The van der Waals surface area contributed by atoms with Gasteiger partial charge in [-0.3, -0.25) is 4.79 Å². The van der Waals surface area contributed by atoms with E-state index < -0.39 is 0 Å². The Kier molecular flexibility index (Phi) is 4.91. The Morgan fingerprint density at radius 2 is 2.21 bits per heavy atom. The van der Waals surface area contributed by atoms with E-state index in [0.717, 1.165) is 28.6 Å². The van der Waals surface area contributed by atoms with Crippen LogP contribution in [0.4, 0.5) is 0 Å². The van der Waals surface area contributed by atoms with Crippen LogP contribution in [0.3, 0.4) is 0 Å². The molecular weight excluding hydrogens is 256 g/mol. The van der Waals surface area contributed by atoms with Gasteiger partial charge in [0.25, 0.3) is 0 Å². The molecule has 102 valence electrons. The summed E-state index contributed by atoms with van der Waals surface area (Å²) < 4.78 is 0. The summed E-state index contributed by atoms with van der Waals surface area (Å²) in [5.74, 6) is 1.07. The van der Waals surface area contributed by atoms with Crippen molar-refractivity contribution in [2.24, 2.45) is 0 Å². The second-order valence-electron chi connectivity index (χ2n) is 4.66. The fourth-order valence-corrected chi connectivity index (χ4v) is 2.91. The minimum Gasteiger partial charge on any atom is -0.361 e. The highest BCUT2D eigenvalue weighted by molar-refractivity contribution is 7.98. The number of rotatable bonds is 6. The average molecular weight is 276 g/mol. The van der Waals surface area contributed by atoms with Crippen LogP contribution in [0, 0.1) is 0 Å². The second kappa shape index (κ2) is 6.66. The van der Waals surface area contributed by atoms with Crippen molar-refractivity contribution in [3.8, 4) is 0 Å². The van der Waals surface area contributed by atoms with Gasteiger partial charge in [0.05, 0.1) is 6.42 Å². The number of aromatic amines is 1. The van der Waals surface area contributed by atoms with Crippen molar-refractivity contribution in [3.05, 3.63) is 36.0 Å². The molecule has 0 spiro atoms. The zero-order chi connectivity index (χ0) is 13.7. The third-order valence-electron chi connectivity index (χ3n) is 3.25. The predicted molar refractivity (Wildman–Crippen MR) is 82.6 cm³/mol. The molecule has 19 heavy (non-hydrogen) atoms. The molecule has 2 N–H and O–H groups in total. The highest BCUT2D eigenvalue weighted by Crippen LogP contribution is 2.18. The molecule has 2 aromatic rings. The van der Waals surface area contributed by atoms with Gasteiger partial charge in [-0.1, -0.05) is 25.1 Å². The predicted octanol–water partition coefficient (Wildman–Crippen LogP) is 2.97. The summed E-state index contributed by atoms with van der Waals surface area (Å²) in [4.78, 5) is 15.3. The molecule has 1 aromatic heterocycles. The van der Waals surface area contributed by atoms with Crippen molar-refractivity contribution in [3.63, 3.8) is 0 Å². The van der Waals surface area contributed by atoms with E-state index in [9.17, 15) is 4.79 Å². The Hall–Kier alpha value is -1.42. The minimum absolute atomic E-state index is 0.102. The molecule has 0 fully saturated rings. The van der Waals surface area contributed by atoms with Gasteiger partial charge in [0.15, 0.2) is 0 Å². The van der Waals surface area contributed by atoms with Gasteiger partial charge in [-0.25, -0.2) is 0 Å². The number of amides is 1. The summed E-state index contributed by atoms with van der Waals surface area (Å²) in [6.45, 7) is 2.10. The maximum Gasteiger partial charge on any atom is 0.224 e. The molecule has 0 radical (unpaired) electrons. The second-order valence-corrected chi connectivity index (χ2v) is 5.57. The molecule has 1 heterocycles. The lowest BCUT2D eigenvalue weighted by molar-refractivity contribution is -0.121. The smallest absolute Gasteiger partial charge is 0.224 e. The number of para-hydroxylation sites is 1. The number of nitrogens with one attached hydrogen (secondary N) is 2. The van der Waals surface area contributed by atoms with Gasteiger partial charge in [-0.05, 0) is 24.3 Å². The Morgan fingerprint density at radius 1 is 1.42 bits per heavy atom. The van der Waals surface area contributed by atoms with Crippen LogP contribution in [-0.4, -0.2) is 28.9 Å². The fraction of sp³-hybridized carbons (Fsp3) is 0.400. The molecule has 0 aliphatic carbocycles. The highest BCUT2D eigenvalue weighted by atomic mass is 32.2. The molecule has 0 saturated carbocycles. The van der Waals surface area contributed by atoms with Crippen molar-refractivity contribution in [1.29, 1.82) is 0 Å². The molecule has 1 atom stereocenters. The molecule has 0 bridgehead atoms. The fourth-order valence-electron chi connectivity index (χ4n) is 2.19. The lowest BCUT2D eigenvalue weighted by atomic mass is 10.1. The van der Waals surface area contributed by atoms with E-state index in [1.165, 1.54) is 0 Å². The number of fused-ring (bicyclic) bond motifs is 1. The van der Waals surface area contributed by atoms with Crippen LogP contribution < -0.4 is 5.32 Å². The molecule has 0 aliphatic heterocycles. The van der Waals surface area contributed by atoms with Gasteiger partial charge in [-0.15, -0.1) is 0 Å². The van der Waals surface area contributed by atoms with Gasteiger partial charge in [0, 0.05) is 28.9 Å². The Labute approximate surface area is 118 Å². The zero-order valence-corrected chi connectivity index (χ0v) is 12.2. The zero-order valence-electron chi connectivity index (χ0n) is 11.4. The third-order valence-corrected chi connectivity index (χ3v) is 3.99. The van der Waals surface area contributed by atoms with E-state index in [4.69, 9.17) is 0 Å². The van der Waals surface area contributed by atoms with Crippen molar-refractivity contribution < 1.29 is 4.79 Å². The highest BCUT2D eigenvalue weighted by Gasteiger charge is 2.12. The number of aromatic nitrogens is 1. The number of H-pyrrole nitrogens is 1. The number of thioether (sulfide) groups is 1. The number of carbonyl (C=O) groups excluding carboxylic acids is 1. The summed E-state index contributed by atoms with van der Waals surface area (Å²) in [6, 6.07) is 8.34. The molecule has 3 nitrogen and oxygen atoms in total. The summed E-state index contributed by atoms with van der Waals surface area (Å²) in [6.07, 6.45) is 5.41. The van der Waals surface area contributed by atoms with E-state index >= 15 is 0 Å². The van der Waals surface area contributed by atoms with Crippen molar-refractivity contribution in [2.75, 3.05) is 12.0 Å². The van der Waals surface area contributed by atoms with Crippen LogP contribution in [0.25, 0.3) is 10.9 Å². The third kappa shape index (κ3) is 3.53. The molecule has 1 amide bonds. The quantitative estimate of drug-likeness (QED) is 0.852. The van der Waals surface area contributed by atoms with Crippen LogP contribution in [0.15, 0.2) is 30.5 Å². The van der Waals surface area contributed by atoms with Crippen LogP contribution in [-0.2, 0) is 11.2 Å².